The van der Waals surface area contributed by atoms with Crippen LogP contribution in [-0.4, -0.2) is 10.9 Å². The van der Waals surface area contributed by atoms with Gasteiger partial charge in [-0.1, -0.05) is 6.08 Å². The van der Waals surface area contributed by atoms with E-state index in [-0.39, 0.29) is 11.6 Å². The quantitative estimate of drug-likeness (QED) is 0.816. The number of allylic oxidation sites excluding steroid dienone is 1. The summed E-state index contributed by atoms with van der Waals surface area (Å²) >= 11 is 0. The third-order valence-corrected chi connectivity index (χ3v) is 3.94. The maximum Gasteiger partial charge on any atom is 0.271 e. The van der Waals surface area contributed by atoms with Gasteiger partial charge in [0.05, 0.1) is 29.2 Å². The van der Waals surface area contributed by atoms with Crippen LogP contribution in [0.15, 0.2) is 48.3 Å². The molecule has 1 aliphatic rings. The van der Waals surface area contributed by atoms with Gasteiger partial charge in [-0.3, -0.25) is 4.79 Å². The molecule has 0 radical (unpaired) electrons. The number of benzene rings is 1. The summed E-state index contributed by atoms with van der Waals surface area (Å²) in [5, 5.41) is 11.7. The van der Waals surface area contributed by atoms with Gasteiger partial charge >= 0.3 is 0 Å². The number of anilines is 1. The molecular formula is C19H18N4O2. The van der Waals surface area contributed by atoms with E-state index in [0.29, 0.717) is 28.8 Å². The monoisotopic (exact) mass is 334 g/mol. The van der Waals surface area contributed by atoms with Crippen molar-refractivity contribution in [3.8, 4) is 17.7 Å². The van der Waals surface area contributed by atoms with E-state index in [1.54, 1.807) is 31.2 Å². The lowest BCUT2D eigenvalue weighted by molar-refractivity contribution is -0.112. The Morgan fingerprint density at radius 3 is 2.80 bits per heavy atom. The zero-order valence-electron chi connectivity index (χ0n) is 13.8. The molecule has 1 aliphatic carbocycles. The summed E-state index contributed by atoms with van der Waals surface area (Å²) in [5.74, 6) is 1.21. The first-order chi connectivity index (χ1) is 12.1. The number of nitrogens with one attached hydrogen (secondary N) is 1. The van der Waals surface area contributed by atoms with Crippen LogP contribution < -0.4 is 15.8 Å². The van der Waals surface area contributed by atoms with Crippen LogP contribution in [0.25, 0.3) is 0 Å². The van der Waals surface area contributed by atoms with Crippen LogP contribution in [0.5, 0.6) is 11.6 Å². The second kappa shape index (κ2) is 7.05. The first-order valence-corrected chi connectivity index (χ1v) is 8.02. The van der Waals surface area contributed by atoms with Crippen molar-refractivity contribution < 1.29 is 9.53 Å². The molecule has 1 amide bonds. The minimum Gasteiger partial charge on any atom is -0.439 e. The number of hydrogen-bond donors (Lipinski definition) is 2. The first kappa shape index (κ1) is 16.5. The Hall–Kier alpha value is -3.33. The summed E-state index contributed by atoms with van der Waals surface area (Å²) in [6.45, 7) is 1.69. The molecule has 1 fully saturated rings. The summed E-state index contributed by atoms with van der Waals surface area (Å²) in [7, 11) is 0. The molecule has 1 heterocycles. The number of carbonyl (C=O) groups excluding carboxylic acids is 1. The third kappa shape index (κ3) is 3.96. The van der Waals surface area contributed by atoms with Crippen molar-refractivity contribution in [2.45, 2.75) is 25.7 Å². The molecule has 0 spiro atoms. The second-order valence-electron chi connectivity index (χ2n) is 5.82. The molecule has 1 saturated carbocycles. The molecule has 25 heavy (non-hydrogen) atoms. The molecule has 1 aromatic carbocycles. The summed E-state index contributed by atoms with van der Waals surface area (Å²) in [6, 6.07) is 10.9. The number of nitrogens with zero attached hydrogens (tertiary/aromatic N) is 2. The van der Waals surface area contributed by atoms with Gasteiger partial charge in [-0.05, 0) is 55.5 Å². The average Bonchev–Trinajstić information content (AvgIpc) is 3.48. The Balaban J connectivity index is 1.74. The number of pyridine rings is 1. The van der Waals surface area contributed by atoms with E-state index in [1.807, 2.05) is 6.07 Å². The summed E-state index contributed by atoms with van der Waals surface area (Å²) in [5.41, 5.74) is 7.90. The molecule has 0 bridgehead atoms. The summed E-state index contributed by atoms with van der Waals surface area (Å²) in [4.78, 5) is 15.9. The van der Waals surface area contributed by atoms with Crippen molar-refractivity contribution in [2.24, 2.45) is 5.73 Å². The Morgan fingerprint density at radius 1 is 1.40 bits per heavy atom. The van der Waals surface area contributed by atoms with Crippen LogP contribution in [0.4, 0.5) is 5.69 Å². The minimum absolute atomic E-state index is 0.145. The number of ether oxygens (including phenoxy) is 1. The van der Waals surface area contributed by atoms with Gasteiger partial charge in [0.25, 0.3) is 5.91 Å². The number of carbonyl (C=O) groups is 1. The van der Waals surface area contributed by atoms with Crippen molar-refractivity contribution in [3.05, 3.63) is 59.4 Å². The van der Waals surface area contributed by atoms with E-state index >= 15 is 0 Å². The van der Waals surface area contributed by atoms with E-state index in [0.717, 1.165) is 18.4 Å². The van der Waals surface area contributed by atoms with Crippen LogP contribution in [0.3, 0.4) is 0 Å². The average molecular weight is 334 g/mol. The number of rotatable bonds is 5. The van der Waals surface area contributed by atoms with Gasteiger partial charge in [0.1, 0.15) is 5.75 Å². The molecule has 3 rings (SSSR count). The van der Waals surface area contributed by atoms with E-state index in [1.165, 1.54) is 12.3 Å². The first-order valence-electron chi connectivity index (χ1n) is 8.02. The van der Waals surface area contributed by atoms with Crippen molar-refractivity contribution in [3.63, 3.8) is 0 Å². The van der Waals surface area contributed by atoms with Crippen molar-refractivity contribution in [1.82, 2.24) is 4.98 Å². The molecule has 3 N–H and O–H groups in total. The van der Waals surface area contributed by atoms with E-state index in [2.05, 4.69) is 16.4 Å². The maximum absolute atomic E-state index is 11.7. The minimum atomic E-state index is -0.374. The van der Waals surface area contributed by atoms with E-state index in [4.69, 9.17) is 15.7 Å². The SMILES string of the molecule is C/C=C(\N)C(=O)Nc1ccc(Oc2ccc(C#N)cc2C2CC2)nc1. The van der Waals surface area contributed by atoms with E-state index in [9.17, 15) is 4.79 Å². The predicted octanol–water partition coefficient (Wildman–Crippen LogP) is 3.42. The lowest BCUT2D eigenvalue weighted by Crippen LogP contribution is -2.19. The Labute approximate surface area is 145 Å². The highest BCUT2D eigenvalue weighted by Gasteiger charge is 2.27. The largest absolute Gasteiger partial charge is 0.439 e. The van der Waals surface area contributed by atoms with Crippen LogP contribution >= 0.6 is 0 Å². The molecule has 2 aromatic rings. The Bertz CT molecular complexity index is 862. The van der Waals surface area contributed by atoms with E-state index < -0.39 is 0 Å². The predicted molar refractivity (Wildman–Crippen MR) is 94.0 cm³/mol. The number of amides is 1. The summed E-state index contributed by atoms with van der Waals surface area (Å²) < 4.78 is 5.87. The molecule has 0 atom stereocenters. The van der Waals surface area contributed by atoms with Gasteiger partial charge in [0, 0.05) is 6.07 Å². The molecule has 0 aliphatic heterocycles. The zero-order chi connectivity index (χ0) is 17.8. The number of aromatic nitrogens is 1. The van der Waals surface area contributed by atoms with Crippen LogP contribution in [0.1, 0.15) is 36.8 Å². The lowest BCUT2D eigenvalue weighted by Gasteiger charge is -2.11. The van der Waals surface area contributed by atoms with Gasteiger partial charge in [0.15, 0.2) is 0 Å². The van der Waals surface area contributed by atoms with Crippen LogP contribution in [-0.2, 0) is 4.79 Å². The van der Waals surface area contributed by atoms with Gasteiger partial charge in [0.2, 0.25) is 5.88 Å². The number of hydrogen-bond acceptors (Lipinski definition) is 5. The fourth-order valence-electron chi connectivity index (χ4n) is 2.39. The summed E-state index contributed by atoms with van der Waals surface area (Å²) in [6.07, 6.45) is 5.26. The number of nitriles is 1. The van der Waals surface area contributed by atoms with Crippen molar-refractivity contribution in [1.29, 1.82) is 5.26 Å². The van der Waals surface area contributed by atoms with Crippen LogP contribution in [0, 0.1) is 11.3 Å². The maximum atomic E-state index is 11.7. The fourth-order valence-corrected chi connectivity index (χ4v) is 2.39. The third-order valence-electron chi connectivity index (χ3n) is 3.94. The fraction of sp³-hybridized carbons (Fsp3) is 0.211. The standard InChI is InChI=1S/C19H18N4O2/c1-2-16(21)19(24)23-14-6-8-18(22-11-14)25-17-7-3-12(10-20)9-15(17)13-4-5-13/h2-3,6-9,11,13H,4-5,21H2,1H3,(H,23,24)/b16-2-. The molecule has 6 heteroatoms. The van der Waals surface area contributed by atoms with Gasteiger partial charge in [-0.25, -0.2) is 4.98 Å². The molecule has 1 aromatic heterocycles. The highest BCUT2D eigenvalue weighted by Crippen LogP contribution is 2.45. The number of nitrogens with two attached hydrogens (primary N) is 1. The molecular weight excluding hydrogens is 316 g/mol. The van der Waals surface area contributed by atoms with Gasteiger partial charge < -0.3 is 15.8 Å². The highest BCUT2D eigenvalue weighted by molar-refractivity contribution is 6.02. The van der Waals surface area contributed by atoms with Crippen molar-refractivity contribution >= 4 is 11.6 Å². The Kier molecular flexibility index (Phi) is 4.66. The normalized spacial score (nSPS) is 13.8. The van der Waals surface area contributed by atoms with Crippen LogP contribution in [0.2, 0.25) is 0 Å². The molecule has 6 nitrogen and oxygen atoms in total. The lowest BCUT2D eigenvalue weighted by atomic mass is 10.1. The zero-order valence-corrected chi connectivity index (χ0v) is 13.8. The molecule has 126 valence electrons. The molecule has 0 unspecified atom stereocenters. The van der Waals surface area contributed by atoms with Gasteiger partial charge in [-0.2, -0.15) is 5.26 Å². The molecule has 0 saturated heterocycles. The van der Waals surface area contributed by atoms with Crippen molar-refractivity contribution in [2.75, 3.05) is 5.32 Å². The second-order valence-corrected chi connectivity index (χ2v) is 5.82. The topological polar surface area (TPSA) is 101 Å². The smallest absolute Gasteiger partial charge is 0.271 e. The van der Waals surface area contributed by atoms with Gasteiger partial charge in [-0.15, -0.1) is 0 Å². The Morgan fingerprint density at radius 2 is 2.20 bits per heavy atom. The highest BCUT2D eigenvalue weighted by atomic mass is 16.5.